The van der Waals surface area contributed by atoms with E-state index in [1.54, 1.807) is 12.4 Å². The lowest BCUT2D eigenvalue weighted by molar-refractivity contribution is -0.125. The summed E-state index contributed by atoms with van der Waals surface area (Å²) in [5.74, 6) is 1.87. The summed E-state index contributed by atoms with van der Waals surface area (Å²) in [6, 6.07) is 9.23. The average Bonchev–Trinajstić information content (AvgIpc) is 3.18. The number of halogens is 1. The van der Waals surface area contributed by atoms with Crippen molar-refractivity contribution < 1.29 is 30.8 Å². The first-order chi connectivity index (χ1) is 27.4. The first kappa shape index (κ1) is 43.5. The minimum atomic E-state index is -3.22. The second-order valence-electron chi connectivity index (χ2n) is 16.7. The summed E-state index contributed by atoms with van der Waals surface area (Å²) in [6.07, 6.45) is 9.64. The van der Waals surface area contributed by atoms with Crippen LogP contribution in [0.3, 0.4) is 0 Å². The molecule has 7 rings (SSSR count). The number of fused-ring (bicyclic) bond motifs is 2. The van der Waals surface area contributed by atoms with Crippen molar-refractivity contribution in [1.29, 1.82) is 0 Å². The van der Waals surface area contributed by atoms with Crippen LogP contribution in [-0.4, -0.2) is 121 Å². The van der Waals surface area contributed by atoms with Crippen LogP contribution in [0, 0.1) is 23.1 Å². The molecule has 5 heterocycles. The van der Waals surface area contributed by atoms with Gasteiger partial charge in [0.25, 0.3) is 0 Å². The number of aromatic nitrogens is 4. The van der Waals surface area contributed by atoms with Gasteiger partial charge in [0.1, 0.15) is 35.9 Å². The van der Waals surface area contributed by atoms with Crippen LogP contribution < -0.4 is 24.1 Å². The maximum absolute atomic E-state index is 14.9. The van der Waals surface area contributed by atoms with E-state index < -0.39 is 20.0 Å². The van der Waals surface area contributed by atoms with Gasteiger partial charge in [-0.25, -0.2) is 50.6 Å². The lowest BCUT2D eigenvalue weighted by atomic mass is 9.87. The van der Waals surface area contributed by atoms with Gasteiger partial charge in [-0.2, -0.15) is 0 Å². The molecule has 58 heavy (non-hydrogen) atoms. The highest BCUT2D eigenvalue weighted by Crippen LogP contribution is 2.33. The number of hydrogen-bond donors (Lipinski definition) is 2. The molecule has 2 aromatic carbocycles. The monoisotopic (exact) mass is 841 g/mol. The molecular weight excluding hydrogens is 786 g/mol. The smallest absolute Gasteiger partial charge is 0.208 e. The Labute approximate surface area is 341 Å². The number of carbonyl (C=O) groups excluding carboxylic acids is 1. The number of ketones is 1. The predicted molar refractivity (Wildman–Crippen MR) is 226 cm³/mol. The zero-order valence-corrected chi connectivity index (χ0v) is 35.7. The van der Waals surface area contributed by atoms with Crippen molar-refractivity contribution in [2.24, 2.45) is 17.3 Å². The molecule has 3 aliphatic rings. The van der Waals surface area contributed by atoms with Gasteiger partial charge in [-0.05, 0) is 67.3 Å². The summed E-state index contributed by atoms with van der Waals surface area (Å²) < 4.78 is 71.2. The van der Waals surface area contributed by atoms with Gasteiger partial charge in [-0.3, -0.25) is 4.79 Å². The summed E-state index contributed by atoms with van der Waals surface area (Å²) in [6.45, 7) is 12.2. The Bertz CT molecular complexity index is 2300. The van der Waals surface area contributed by atoms with Crippen molar-refractivity contribution in [2.75, 3.05) is 92.8 Å². The number of benzene rings is 2. The minimum absolute atomic E-state index is 0.181. The average molecular weight is 842 g/mol. The normalized spacial score (nSPS) is 19.6. The topological polar surface area (TPSA) is 180 Å². The number of nitrogens with zero attached hydrogens (tertiary/aromatic N) is 7. The second-order valence-corrected chi connectivity index (χ2v) is 20.3. The van der Waals surface area contributed by atoms with Crippen molar-refractivity contribution in [3.05, 3.63) is 54.4 Å². The van der Waals surface area contributed by atoms with E-state index in [-0.39, 0.29) is 28.9 Å². The van der Waals surface area contributed by atoms with Crippen LogP contribution in [0.15, 0.2) is 43.0 Å². The highest BCUT2D eigenvalue weighted by Gasteiger charge is 2.27. The fraction of sp³-hybridized carbons (Fsp3) is 0.575. The molecular formula is C40H56FN9O6S2. The number of carbonyl (C=O) groups is 1. The number of nitrogens with one attached hydrogen (secondary N) is 2. The molecule has 0 bridgehead atoms. The number of Topliss-reactive ketones (excluding diaryl/α,β-unsaturated/α-hetero) is 1. The largest absolute Gasteiger partial charge is 0.378 e. The summed E-state index contributed by atoms with van der Waals surface area (Å²) in [4.78, 5) is 36.5. The molecule has 316 valence electrons. The lowest BCUT2D eigenvalue weighted by Gasteiger charge is -2.34. The first-order valence-corrected chi connectivity index (χ1v) is 23.6. The van der Waals surface area contributed by atoms with Gasteiger partial charge >= 0.3 is 0 Å². The zero-order chi connectivity index (χ0) is 41.7. The van der Waals surface area contributed by atoms with Gasteiger partial charge in [-0.15, -0.1) is 0 Å². The Kier molecular flexibility index (Phi) is 13.8. The molecule has 4 aromatic rings. The zero-order valence-electron chi connectivity index (χ0n) is 34.1. The van der Waals surface area contributed by atoms with E-state index >= 15 is 0 Å². The van der Waals surface area contributed by atoms with Gasteiger partial charge in [0.2, 0.25) is 20.0 Å². The molecule has 0 amide bonds. The van der Waals surface area contributed by atoms with E-state index in [0.717, 1.165) is 67.6 Å². The summed E-state index contributed by atoms with van der Waals surface area (Å²) in [5.41, 5.74) is 2.67. The van der Waals surface area contributed by atoms with E-state index in [9.17, 15) is 26.0 Å². The fourth-order valence-corrected chi connectivity index (χ4v) is 8.72. The van der Waals surface area contributed by atoms with Crippen molar-refractivity contribution in [1.82, 2.24) is 29.4 Å². The van der Waals surface area contributed by atoms with Crippen LogP contribution in [0.4, 0.5) is 21.7 Å². The Morgan fingerprint density at radius 3 is 1.83 bits per heavy atom. The van der Waals surface area contributed by atoms with Crippen LogP contribution >= 0.6 is 0 Å². The summed E-state index contributed by atoms with van der Waals surface area (Å²) in [5, 5.41) is 1.61. The third-order valence-corrected chi connectivity index (χ3v) is 12.2. The van der Waals surface area contributed by atoms with Crippen LogP contribution in [0.2, 0.25) is 0 Å². The molecule has 2 atom stereocenters. The van der Waals surface area contributed by atoms with Crippen molar-refractivity contribution in [3.63, 3.8) is 0 Å². The second kappa shape index (κ2) is 18.4. The van der Waals surface area contributed by atoms with Crippen molar-refractivity contribution in [2.45, 2.75) is 52.9 Å². The number of piperidine rings is 2. The number of rotatable bonds is 11. The number of morpholine rings is 1. The molecule has 18 heteroatoms. The third-order valence-electron chi connectivity index (χ3n) is 10.8. The highest BCUT2D eigenvalue weighted by atomic mass is 32.2. The standard InChI is InChI=1S/C21H30N4O3S.C19H26FN5O3S/c1-21(2,3)19(26)11-15-7-8-18-17(10-15)20(23-14-22-18)25-9-5-6-16(13-25)12-24-29(4,27)28;1-29(26,27)23-11-14-3-2-4-25(12-14)19-15-9-16(20)18(10-17(15)21-13-22-19)24-5-7-28-8-6-24/h7-8,10,14,16,24H,5-6,9,11-13H2,1-4H3;9-10,13-14,23H,2-8,11-12H2,1H3. The molecule has 0 saturated carbocycles. The fourth-order valence-electron chi connectivity index (χ4n) is 7.64. The van der Waals surface area contributed by atoms with Gasteiger partial charge in [0.15, 0.2) is 0 Å². The molecule has 15 nitrogen and oxygen atoms in total. The third kappa shape index (κ3) is 11.8. The Morgan fingerprint density at radius 2 is 1.29 bits per heavy atom. The highest BCUT2D eigenvalue weighted by molar-refractivity contribution is 7.89. The van der Waals surface area contributed by atoms with Crippen LogP contribution in [0.5, 0.6) is 0 Å². The molecule has 2 aromatic heterocycles. The number of hydrogen-bond acceptors (Lipinski definition) is 13. The van der Waals surface area contributed by atoms with Gasteiger partial charge in [0.05, 0.1) is 42.4 Å². The van der Waals surface area contributed by atoms with E-state index in [0.29, 0.717) is 74.8 Å². The predicted octanol–water partition coefficient (Wildman–Crippen LogP) is 3.92. The number of anilines is 3. The molecule has 2 unspecified atom stereocenters. The van der Waals surface area contributed by atoms with E-state index in [1.165, 1.54) is 24.9 Å². The molecule has 0 spiro atoms. The molecule has 3 aliphatic heterocycles. The van der Waals surface area contributed by atoms with Crippen molar-refractivity contribution in [3.8, 4) is 0 Å². The maximum atomic E-state index is 14.9. The van der Waals surface area contributed by atoms with E-state index in [4.69, 9.17) is 4.74 Å². The maximum Gasteiger partial charge on any atom is 0.208 e. The minimum Gasteiger partial charge on any atom is -0.378 e. The molecule has 3 fully saturated rings. The van der Waals surface area contributed by atoms with Crippen LogP contribution in [-0.2, 0) is 36.0 Å². The van der Waals surface area contributed by atoms with Crippen LogP contribution in [0.1, 0.15) is 52.0 Å². The Morgan fingerprint density at radius 1 is 0.759 bits per heavy atom. The SMILES string of the molecule is CC(C)(C)C(=O)Cc1ccc2ncnc(N3CCCC(CNS(C)(=O)=O)C3)c2c1.CS(=O)(=O)NCC1CCCN(c2ncnc3cc(N4CCOCC4)c(F)cc23)C1. The molecule has 0 aliphatic carbocycles. The van der Waals surface area contributed by atoms with Gasteiger partial charge < -0.3 is 19.4 Å². The number of sulfonamides is 2. The van der Waals surface area contributed by atoms with Crippen molar-refractivity contribution >= 4 is 65.0 Å². The van der Waals surface area contributed by atoms with E-state index in [1.807, 2.05) is 43.9 Å². The van der Waals surface area contributed by atoms with Gasteiger partial charge in [-0.1, -0.05) is 26.8 Å². The molecule has 2 N–H and O–H groups in total. The Balaban J connectivity index is 0.000000196. The van der Waals surface area contributed by atoms with E-state index in [2.05, 4.69) is 39.2 Å². The van der Waals surface area contributed by atoms with Crippen LogP contribution in [0.25, 0.3) is 21.8 Å². The molecule has 0 radical (unpaired) electrons. The quantitative estimate of drug-likeness (QED) is 0.222. The first-order valence-electron chi connectivity index (χ1n) is 19.9. The Hall–Kier alpha value is -4.10. The summed E-state index contributed by atoms with van der Waals surface area (Å²) >= 11 is 0. The summed E-state index contributed by atoms with van der Waals surface area (Å²) in [7, 11) is -6.41. The van der Waals surface area contributed by atoms with Gasteiger partial charge in [0, 0.05) is 75.0 Å². The number of ether oxygens (including phenoxy) is 1. The lowest BCUT2D eigenvalue weighted by Crippen LogP contribution is -2.41. The molecule has 3 saturated heterocycles.